The summed E-state index contributed by atoms with van der Waals surface area (Å²) in [6.45, 7) is 9.09. The second-order valence-corrected chi connectivity index (χ2v) is 10.5. The van der Waals surface area contributed by atoms with Crippen LogP contribution in [0.3, 0.4) is 0 Å². The van der Waals surface area contributed by atoms with Gasteiger partial charge in [-0.05, 0) is 39.3 Å². The quantitative estimate of drug-likeness (QED) is 0.660. The summed E-state index contributed by atoms with van der Waals surface area (Å²) in [5, 5.41) is 9.52. The smallest absolute Gasteiger partial charge is 0.418 e. The number of aliphatic hydroxyl groups is 1. The predicted octanol–water partition coefficient (Wildman–Crippen LogP) is 4.26. The summed E-state index contributed by atoms with van der Waals surface area (Å²) in [4.78, 5) is 4.44. The lowest BCUT2D eigenvalue weighted by Crippen LogP contribution is -2.60. The molecule has 0 saturated heterocycles. The van der Waals surface area contributed by atoms with Gasteiger partial charge >= 0.3 is 6.18 Å². The van der Waals surface area contributed by atoms with Crippen LogP contribution in [0.5, 0.6) is 5.75 Å². The molecule has 0 saturated carbocycles. The van der Waals surface area contributed by atoms with Gasteiger partial charge in [-0.25, -0.2) is 4.98 Å². The molecule has 3 rings (SSSR count). The third-order valence-corrected chi connectivity index (χ3v) is 6.70. The van der Waals surface area contributed by atoms with E-state index >= 15 is 0 Å². The molecule has 0 fully saturated rings. The number of pyridine rings is 1. The molecular weight excluding hydrogens is 429 g/mol. The van der Waals surface area contributed by atoms with E-state index in [1.807, 2.05) is 19.1 Å². The number of alkyl halides is 3. The van der Waals surface area contributed by atoms with Crippen LogP contribution in [0, 0.1) is 6.92 Å². The van der Waals surface area contributed by atoms with E-state index in [0.29, 0.717) is 5.56 Å². The normalized spacial score (nSPS) is 19.6. The van der Waals surface area contributed by atoms with Crippen molar-refractivity contribution in [3.05, 3.63) is 53.7 Å². The van der Waals surface area contributed by atoms with Crippen LogP contribution >= 0.6 is 0 Å². The molecule has 0 radical (unpaired) electrons. The number of hydrogen-bond acceptors (Lipinski definition) is 5. The number of aryl methyl sites for hydroxylation is 1. The maximum Gasteiger partial charge on any atom is 0.418 e. The number of halogens is 3. The predicted molar refractivity (Wildman–Crippen MR) is 115 cm³/mol. The Kier molecular flexibility index (Phi) is 6.18. The van der Waals surface area contributed by atoms with Crippen molar-refractivity contribution in [2.75, 3.05) is 13.2 Å². The molecular formula is C22H25F3N2O3S. The van der Waals surface area contributed by atoms with E-state index in [1.165, 1.54) is 6.07 Å². The first-order chi connectivity index (χ1) is 14.3. The highest BCUT2D eigenvalue weighted by Crippen LogP contribution is 2.51. The lowest BCUT2D eigenvalue weighted by Gasteiger charge is -2.35. The first-order valence-corrected chi connectivity index (χ1v) is 10.8. The Morgan fingerprint density at radius 3 is 2.42 bits per heavy atom. The number of nitrogens with zero attached hydrogens (tertiary/aromatic N) is 1. The van der Waals surface area contributed by atoms with Gasteiger partial charge in [0, 0.05) is 22.5 Å². The number of aliphatic hydroxyl groups excluding tert-OH is 1. The van der Waals surface area contributed by atoms with Crippen LogP contribution in [0.4, 0.5) is 13.2 Å². The zero-order valence-electron chi connectivity index (χ0n) is 17.8. The summed E-state index contributed by atoms with van der Waals surface area (Å²) < 4.78 is 63.1. The zero-order chi connectivity index (χ0) is 23.2. The number of hydrogen-bond donors (Lipinski definition) is 2. The molecule has 1 unspecified atom stereocenters. The van der Waals surface area contributed by atoms with Crippen LogP contribution in [0.2, 0.25) is 0 Å². The van der Waals surface area contributed by atoms with Crippen molar-refractivity contribution < 1.29 is 27.6 Å². The minimum atomic E-state index is -4.82. The number of ether oxygens (including phenoxy) is 1. The summed E-state index contributed by atoms with van der Waals surface area (Å²) in [7, 11) is 0. The van der Waals surface area contributed by atoms with Crippen LogP contribution in [0.25, 0.3) is 16.8 Å². The van der Waals surface area contributed by atoms with Gasteiger partial charge in [0.05, 0.1) is 12.3 Å². The average molecular weight is 455 g/mol. The molecule has 0 aliphatic carbocycles. The largest absolute Gasteiger partial charge is 0.598 e. The van der Waals surface area contributed by atoms with Crippen LogP contribution in [-0.2, 0) is 16.9 Å². The molecule has 0 bridgehead atoms. The van der Waals surface area contributed by atoms with Crippen LogP contribution in [0.15, 0.2) is 36.9 Å². The van der Waals surface area contributed by atoms with Crippen molar-refractivity contribution in [1.29, 1.82) is 0 Å². The molecule has 31 heavy (non-hydrogen) atoms. The molecule has 2 atom stereocenters. The Morgan fingerprint density at radius 2 is 1.90 bits per heavy atom. The fourth-order valence-electron chi connectivity index (χ4n) is 3.11. The highest BCUT2D eigenvalue weighted by atomic mass is 32.2. The van der Waals surface area contributed by atoms with E-state index in [1.54, 1.807) is 32.9 Å². The Morgan fingerprint density at radius 1 is 1.29 bits per heavy atom. The molecule has 0 amide bonds. The summed E-state index contributed by atoms with van der Waals surface area (Å²) >= 11 is -2.04. The monoisotopic (exact) mass is 454 g/mol. The Balaban J connectivity index is 2.27. The maximum atomic E-state index is 14.5. The van der Waals surface area contributed by atoms with Gasteiger partial charge < -0.3 is 14.4 Å². The molecule has 168 valence electrons. The standard InChI is InChI=1S/C22H25F3N2O3S/c1-13-6-8-15(9-7-13)18-19-16(10-17(26-18)14(2)11-28)21(12-30-19,22(23,24)25)27-31(29)20(3,4)5/h6-10,27-28H,2,11-12H2,1,3-5H3/t21-,31?/m0/s1. The highest BCUT2D eigenvalue weighted by molar-refractivity contribution is 7.90. The number of rotatable bonds is 5. The summed E-state index contributed by atoms with van der Waals surface area (Å²) in [6, 6.07) is 8.31. The van der Waals surface area contributed by atoms with Crippen molar-refractivity contribution in [1.82, 2.24) is 9.71 Å². The minimum Gasteiger partial charge on any atom is -0.598 e. The van der Waals surface area contributed by atoms with E-state index in [0.717, 1.165) is 5.56 Å². The highest BCUT2D eigenvalue weighted by Gasteiger charge is 2.65. The minimum absolute atomic E-state index is 0.0333. The zero-order valence-corrected chi connectivity index (χ0v) is 18.6. The van der Waals surface area contributed by atoms with E-state index in [-0.39, 0.29) is 28.3 Å². The second-order valence-electron chi connectivity index (χ2n) is 8.54. The first kappa shape index (κ1) is 23.6. The van der Waals surface area contributed by atoms with Gasteiger partial charge in [0.15, 0.2) is 5.75 Å². The van der Waals surface area contributed by atoms with Crippen molar-refractivity contribution in [2.24, 2.45) is 0 Å². The van der Waals surface area contributed by atoms with Crippen LogP contribution in [-0.4, -0.2) is 38.8 Å². The van der Waals surface area contributed by atoms with Gasteiger partial charge in [-0.3, -0.25) is 0 Å². The Hall–Kier alpha value is -2.07. The fourth-order valence-corrected chi connectivity index (χ4v) is 4.02. The Bertz CT molecular complexity index is 987. The third kappa shape index (κ3) is 4.32. The maximum absolute atomic E-state index is 14.5. The lowest BCUT2D eigenvalue weighted by atomic mass is 9.90. The number of benzene rings is 1. The van der Waals surface area contributed by atoms with Gasteiger partial charge in [0.1, 0.15) is 17.0 Å². The summed E-state index contributed by atoms with van der Waals surface area (Å²) in [5.41, 5.74) is -0.916. The van der Waals surface area contributed by atoms with Gasteiger partial charge in [0.25, 0.3) is 0 Å². The number of fused-ring (bicyclic) bond motifs is 1. The molecule has 5 nitrogen and oxygen atoms in total. The molecule has 9 heteroatoms. The second kappa shape index (κ2) is 8.12. The van der Waals surface area contributed by atoms with E-state index in [9.17, 15) is 22.8 Å². The molecule has 0 spiro atoms. The summed E-state index contributed by atoms with van der Waals surface area (Å²) in [5.74, 6) is -0.0333. The molecule has 1 aliphatic rings. The van der Waals surface area contributed by atoms with Gasteiger partial charge in [-0.1, -0.05) is 36.4 Å². The van der Waals surface area contributed by atoms with Crippen molar-refractivity contribution in [3.63, 3.8) is 0 Å². The van der Waals surface area contributed by atoms with Crippen LogP contribution < -0.4 is 9.46 Å². The van der Waals surface area contributed by atoms with Crippen molar-refractivity contribution in [3.8, 4) is 17.0 Å². The molecule has 2 N–H and O–H groups in total. The Labute approximate surface area is 182 Å². The van der Waals surface area contributed by atoms with E-state index in [2.05, 4.69) is 16.3 Å². The number of nitrogens with one attached hydrogen (secondary N) is 1. The number of aromatic nitrogens is 1. The van der Waals surface area contributed by atoms with E-state index in [4.69, 9.17) is 4.74 Å². The van der Waals surface area contributed by atoms with Crippen LogP contribution in [0.1, 0.15) is 37.6 Å². The van der Waals surface area contributed by atoms with Gasteiger partial charge in [0.2, 0.25) is 5.54 Å². The fraction of sp³-hybridized carbons (Fsp3) is 0.409. The first-order valence-electron chi connectivity index (χ1n) is 9.61. The SMILES string of the molecule is C=C(CO)c1cc2c(c(-c3ccc(C)cc3)n1)OC[C@@]2(N[S+]([O-])C(C)(C)C)C(F)(F)F. The topological polar surface area (TPSA) is 77.4 Å². The average Bonchev–Trinajstić information content (AvgIpc) is 3.06. The van der Waals surface area contributed by atoms with Crippen molar-refractivity contribution >= 4 is 16.9 Å². The van der Waals surface area contributed by atoms with Gasteiger partial charge in [-0.2, -0.15) is 13.2 Å². The molecule has 1 aromatic carbocycles. The molecule has 1 aromatic heterocycles. The van der Waals surface area contributed by atoms with E-state index < -0.39 is 41.0 Å². The summed E-state index contributed by atoms with van der Waals surface area (Å²) in [6.07, 6.45) is -4.82. The van der Waals surface area contributed by atoms with Gasteiger partial charge in [-0.15, -0.1) is 4.72 Å². The molecule has 1 aliphatic heterocycles. The van der Waals surface area contributed by atoms with Crippen molar-refractivity contribution in [2.45, 2.75) is 44.2 Å². The molecule has 2 aromatic rings. The lowest BCUT2D eigenvalue weighted by molar-refractivity contribution is -0.196. The third-order valence-electron chi connectivity index (χ3n) is 5.05. The molecule has 2 heterocycles.